The number of carbonyl (C=O) groups excluding carboxylic acids is 2. The fraction of sp³-hybridized carbons (Fsp3) is 0.250. The molecule has 2 aromatic carbocycles. The maximum atomic E-state index is 12.0. The monoisotopic (exact) mass is 419 g/mol. The molecule has 0 spiro atoms. The number of rotatable bonds is 7. The highest BCUT2D eigenvalue weighted by Gasteiger charge is 2.10. The van der Waals surface area contributed by atoms with E-state index < -0.39 is 5.91 Å². The molecule has 0 aliphatic heterocycles. The van der Waals surface area contributed by atoms with Crippen LogP contribution in [0.15, 0.2) is 42.5 Å². The molecule has 0 atom stereocenters. The summed E-state index contributed by atoms with van der Waals surface area (Å²) < 4.78 is 5.49. The molecule has 8 heteroatoms. The van der Waals surface area contributed by atoms with Gasteiger partial charge >= 0.3 is 0 Å². The first-order chi connectivity index (χ1) is 13.4. The summed E-state index contributed by atoms with van der Waals surface area (Å²) in [6.45, 7) is 3.65. The van der Waals surface area contributed by atoms with Crippen molar-refractivity contribution in [1.82, 2.24) is 5.32 Å². The van der Waals surface area contributed by atoms with Crippen LogP contribution in [0.2, 0.25) is 5.02 Å². The van der Waals surface area contributed by atoms with Gasteiger partial charge in [-0.05, 0) is 55.4 Å². The van der Waals surface area contributed by atoms with Crippen molar-refractivity contribution in [3.63, 3.8) is 0 Å². The summed E-state index contributed by atoms with van der Waals surface area (Å²) in [5.74, 6) is 0.152. The van der Waals surface area contributed by atoms with Gasteiger partial charge in [0.05, 0.1) is 10.7 Å². The lowest BCUT2D eigenvalue weighted by Crippen LogP contribution is -2.37. The fourth-order valence-corrected chi connectivity index (χ4v) is 2.72. The second kappa shape index (κ2) is 10.6. The zero-order chi connectivity index (χ0) is 20.5. The summed E-state index contributed by atoms with van der Waals surface area (Å²) in [7, 11) is 0. The van der Waals surface area contributed by atoms with Crippen LogP contribution >= 0.6 is 23.8 Å². The molecule has 6 nitrogen and oxygen atoms in total. The lowest BCUT2D eigenvalue weighted by Gasteiger charge is -2.13. The smallest absolute Gasteiger partial charge is 0.264 e. The molecule has 2 amide bonds. The predicted octanol–water partition coefficient (Wildman–Crippen LogP) is 4.28. The Morgan fingerprint density at radius 1 is 1.11 bits per heavy atom. The Hall–Kier alpha value is -2.64. The van der Waals surface area contributed by atoms with Crippen molar-refractivity contribution in [3.05, 3.63) is 53.1 Å². The molecule has 0 saturated heterocycles. The number of aryl methyl sites for hydroxylation is 1. The molecule has 2 aromatic rings. The van der Waals surface area contributed by atoms with E-state index in [2.05, 4.69) is 16.0 Å². The maximum Gasteiger partial charge on any atom is 0.264 e. The van der Waals surface area contributed by atoms with Gasteiger partial charge in [0.2, 0.25) is 5.91 Å². The molecular formula is C20H22ClN3O3S. The Kier molecular flexibility index (Phi) is 8.22. The van der Waals surface area contributed by atoms with E-state index in [1.807, 2.05) is 32.0 Å². The van der Waals surface area contributed by atoms with E-state index in [0.29, 0.717) is 28.6 Å². The predicted molar refractivity (Wildman–Crippen MR) is 116 cm³/mol. The van der Waals surface area contributed by atoms with E-state index >= 15 is 0 Å². The van der Waals surface area contributed by atoms with E-state index in [0.717, 1.165) is 12.0 Å². The Bertz CT molecular complexity index is 874. The maximum absolute atomic E-state index is 12.0. The zero-order valence-electron chi connectivity index (χ0n) is 15.7. The van der Waals surface area contributed by atoms with E-state index in [1.54, 1.807) is 24.3 Å². The van der Waals surface area contributed by atoms with E-state index in [4.69, 9.17) is 28.6 Å². The van der Waals surface area contributed by atoms with Gasteiger partial charge in [0, 0.05) is 12.1 Å². The molecule has 3 N–H and O–H groups in total. The lowest BCUT2D eigenvalue weighted by molar-refractivity contribution is -0.121. The first-order valence-electron chi connectivity index (χ1n) is 8.77. The lowest BCUT2D eigenvalue weighted by atomic mass is 10.2. The minimum Gasteiger partial charge on any atom is -0.483 e. The van der Waals surface area contributed by atoms with Crippen molar-refractivity contribution < 1.29 is 14.3 Å². The first-order valence-corrected chi connectivity index (χ1v) is 9.56. The molecule has 0 aromatic heterocycles. The van der Waals surface area contributed by atoms with Gasteiger partial charge in [0.25, 0.3) is 5.91 Å². The average Bonchev–Trinajstić information content (AvgIpc) is 2.64. The highest BCUT2D eigenvalue weighted by Crippen LogP contribution is 2.25. The second-order valence-electron chi connectivity index (χ2n) is 6.05. The molecule has 0 aliphatic carbocycles. The number of halogens is 1. The van der Waals surface area contributed by atoms with Crippen molar-refractivity contribution >= 4 is 52.1 Å². The van der Waals surface area contributed by atoms with Gasteiger partial charge in [0.15, 0.2) is 11.7 Å². The van der Waals surface area contributed by atoms with Gasteiger partial charge in [-0.1, -0.05) is 36.7 Å². The van der Waals surface area contributed by atoms with Crippen LogP contribution in [0.25, 0.3) is 0 Å². The molecule has 0 aliphatic rings. The van der Waals surface area contributed by atoms with E-state index in [-0.39, 0.29) is 17.6 Å². The number of ether oxygens (including phenoxy) is 1. The zero-order valence-corrected chi connectivity index (χ0v) is 17.2. The van der Waals surface area contributed by atoms with Crippen LogP contribution in [0, 0.1) is 6.92 Å². The summed E-state index contributed by atoms with van der Waals surface area (Å²) >= 11 is 11.3. The summed E-state index contributed by atoms with van der Waals surface area (Å²) in [4.78, 5) is 23.8. The highest BCUT2D eigenvalue weighted by molar-refractivity contribution is 7.80. The van der Waals surface area contributed by atoms with Crippen LogP contribution in [0.1, 0.15) is 25.3 Å². The minimum absolute atomic E-state index is 0.0809. The van der Waals surface area contributed by atoms with Gasteiger partial charge in [-0.3, -0.25) is 14.9 Å². The van der Waals surface area contributed by atoms with Crippen molar-refractivity contribution in [2.24, 2.45) is 0 Å². The average molecular weight is 420 g/mol. The van der Waals surface area contributed by atoms with E-state index in [1.165, 1.54) is 0 Å². The fourth-order valence-electron chi connectivity index (χ4n) is 2.33. The van der Waals surface area contributed by atoms with Crippen LogP contribution in [0.3, 0.4) is 0 Å². The molecule has 0 fully saturated rings. The van der Waals surface area contributed by atoms with Crippen LogP contribution < -0.4 is 20.7 Å². The molecule has 0 heterocycles. The quantitative estimate of drug-likeness (QED) is 0.584. The molecule has 0 saturated carbocycles. The second-order valence-corrected chi connectivity index (χ2v) is 6.86. The third-order valence-corrected chi connectivity index (χ3v) is 4.21. The molecular weight excluding hydrogens is 398 g/mol. The van der Waals surface area contributed by atoms with Crippen LogP contribution in [0.5, 0.6) is 5.75 Å². The molecule has 0 unspecified atom stereocenters. The number of hydrogen-bond acceptors (Lipinski definition) is 4. The largest absolute Gasteiger partial charge is 0.483 e. The molecule has 148 valence electrons. The minimum atomic E-state index is -0.399. The summed E-state index contributed by atoms with van der Waals surface area (Å²) in [5.41, 5.74) is 1.99. The number of thiocarbonyl (C=S) groups is 1. The standard InChI is InChI=1S/C20H22ClN3O3S/c1-3-6-18(25)22-14-9-10-15(21)16(11-14)23-20(28)24-19(26)12-27-17-8-5-4-7-13(17)2/h4-5,7-11H,3,6,12H2,1-2H3,(H,22,25)(H2,23,24,26,28). The van der Waals surface area contributed by atoms with Gasteiger partial charge < -0.3 is 15.4 Å². The van der Waals surface area contributed by atoms with Crippen LogP contribution in [-0.4, -0.2) is 23.5 Å². The number of benzene rings is 2. The Morgan fingerprint density at radius 3 is 2.57 bits per heavy atom. The number of amides is 2. The third-order valence-electron chi connectivity index (χ3n) is 3.68. The Balaban J connectivity index is 1.90. The topological polar surface area (TPSA) is 79.5 Å². The van der Waals surface area contributed by atoms with Gasteiger partial charge in [-0.25, -0.2) is 0 Å². The Morgan fingerprint density at radius 2 is 1.86 bits per heavy atom. The van der Waals surface area contributed by atoms with E-state index in [9.17, 15) is 9.59 Å². The summed E-state index contributed by atoms with van der Waals surface area (Å²) in [5, 5.41) is 8.66. The molecule has 28 heavy (non-hydrogen) atoms. The van der Waals surface area contributed by atoms with Crippen LogP contribution in [0.4, 0.5) is 11.4 Å². The van der Waals surface area contributed by atoms with Crippen LogP contribution in [-0.2, 0) is 9.59 Å². The number of nitrogens with one attached hydrogen (secondary N) is 3. The van der Waals surface area contributed by atoms with Gasteiger partial charge in [0.1, 0.15) is 5.75 Å². The van der Waals surface area contributed by atoms with Crippen molar-refractivity contribution in [1.29, 1.82) is 0 Å². The normalized spacial score (nSPS) is 10.1. The van der Waals surface area contributed by atoms with Crippen molar-refractivity contribution in [2.75, 3.05) is 17.2 Å². The highest BCUT2D eigenvalue weighted by atomic mass is 35.5. The third kappa shape index (κ3) is 6.83. The number of carbonyl (C=O) groups is 2. The van der Waals surface area contributed by atoms with Crippen molar-refractivity contribution in [3.8, 4) is 5.75 Å². The number of anilines is 2. The number of hydrogen-bond donors (Lipinski definition) is 3. The molecule has 0 radical (unpaired) electrons. The molecule has 0 bridgehead atoms. The van der Waals surface area contributed by atoms with Crippen molar-refractivity contribution in [2.45, 2.75) is 26.7 Å². The molecule has 2 rings (SSSR count). The summed E-state index contributed by atoms with van der Waals surface area (Å²) in [6, 6.07) is 12.4. The van der Waals surface area contributed by atoms with Gasteiger partial charge in [-0.2, -0.15) is 0 Å². The summed E-state index contributed by atoms with van der Waals surface area (Å²) in [6.07, 6.45) is 1.19. The number of para-hydroxylation sites is 1. The first kappa shape index (κ1) is 21.7. The SMILES string of the molecule is CCCC(=O)Nc1ccc(Cl)c(NC(=S)NC(=O)COc2ccccc2C)c1. The van der Waals surface area contributed by atoms with Gasteiger partial charge in [-0.15, -0.1) is 0 Å². The Labute approximate surface area is 174 Å².